The van der Waals surface area contributed by atoms with Gasteiger partial charge in [0.15, 0.2) is 0 Å². The molecule has 1 aromatic rings. The lowest BCUT2D eigenvalue weighted by Gasteiger charge is -2.21. The van der Waals surface area contributed by atoms with E-state index in [-0.39, 0.29) is 11.8 Å². The number of nitrogens with zero attached hydrogens (tertiary/aromatic N) is 1. The molecule has 0 radical (unpaired) electrons. The van der Waals surface area contributed by atoms with Gasteiger partial charge in [0.05, 0.1) is 18.0 Å². The lowest BCUT2D eigenvalue weighted by Crippen LogP contribution is -2.40. The van der Waals surface area contributed by atoms with Crippen molar-refractivity contribution in [2.24, 2.45) is 5.92 Å². The van der Waals surface area contributed by atoms with Crippen molar-refractivity contribution in [1.82, 2.24) is 15.6 Å². The maximum atomic E-state index is 11.7. The van der Waals surface area contributed by atoms with E-state index < -0.39 is 0 Å². The van der Waals surface area contributed by atoms with Gasteiger partial charge in [-0.1, -0.05) is 0 Å². The largest absolute Gasteiger partial charge is 0.351 e. The van der Waals surface area contributed by atoms with Gasteiger partial charge in [-0.25, -0.2) is 0 Å². The Bertz CT molecular complexity index is 306. The summed E-state index contributed by atoms with van der Waals surface area (Å²) in [6, 6.07) is 0. The van der Waals surface area contributed by atoms with Crippen molar-refractivity contribution in [3.63, 3.8) is 0 Å². The quantitative estimate of drug-likeness (QED) is 0.798. The molecule has 0 unspecified atom stereocenters. The minimum absolute atomic E-state index is 0.145. The Balaban J connectivity index is 1.76. The fraction of sp³-hybridized carbons (Fsp3) is 0.600. The summed E-state index contributed by atoms with van der Waals surface area (Å²) in [6.07, 6.45) is 3.89. The number of rotatable bonds is 3. The van der Waals surface area contributed by atoms with E-state index >= 15 is 0 Å². The summed E-state index contributed by atoms with van der Waals surface area (Å²) >= 11 is 1.57. The lowest BCUT2D eigenvalue weighted by molar-refractivity contribution is -0.125. The minimum atomic E-state index is 0.145. The highest BCUT2D eigenvalue weighted by Crippen LogP contribution is 2.10. The van der Waals surface area contributed by atoms with Gasteiger partial charge in [-0.05, 0) is 19.4 Å². The molecular formula is C10H15N3OS. The van der Waals surface area contributed by atoms with Crippen molar-refractivity contribution in [3.8, 4) is 0 Å². The highest BCUT2D eigenvalue weighted by atomic mass is 32.1. The van der Waals surface area contributed by atoms with Gasteiger partial charge in [0.25, 0.3) is 0 Å². The van der Waals surface area contributed by atoms with E-state index in [1.807, 2.05) is 0 Å². The van der Waals surface area contributed by atoms with Crippen LogP contribution >= 0.6 is 11.3 Å². The van der Waals surface area contributed by atoms with E-state index in [1.54, 1.807) is 23.0 Å². The van der Waals surface area contributed by atoms with Crippen LogP contribution in [0.15, 0.2) is 11.7 Å². The number of piperidine rings is 1. The van der Waals surface area contributed by atoms with E-state index in [9.17, 15) is 4.79 Å². The third-order valence-electron chi connectivity index (χ3n) is 2.59. The van der Waals surface area contributed by atoms with Crippen LogP contribution in [0, 0.1) is 5.92 Å². The molecule has 1 amide bonds. The molecule has 2 heterocycles. The van der Waals surface area contributed by atoms with Crippen LogP contribution in [-0.2, 0) is 11.3 Å². The second-order valence-corrected chi connectivity index (χ2v) is 4.70. The zero-order chi connectivity index (χ0) is 10.5. The fourth-order valence-electron chi connectivity index (χ4n) is 1.72. The molecule has 15 heavy (non-hydrogen) atoms. The van der Waals surface area contributed by atoms with Crippen LogP contribution in [0.4, 0.5) is 0 Å². The van der Waals surface area contributed by atoms with Crippen LogP contribution in [0.1, 0.15) is 17.7 Å². The van der Waals surface area contributed by atoms with E-state index in [2.05, 4.69) is 15.6 Å². The average molecular weight is 225 g/mol. The van der Waals surface area contributed by atoms with Crippen LogP contribution in [0.5, 0.6) is 0 Å². The molecule has 0 aliphatic carbocycles. The van der Waals surface area contributed by atoms with Crippen molar-refractivity contribution < 1.29 is 4.79 Å². The molecule has 5 heteroatoms. The summed E-state index contributed by atoms with van der Waals surface area (Å²) in [5.74, 6) is 0.308. The molecule has 1 aromatic heterocycles. The van der Waals surface area contributed by atoms with Crippen LogP contribution < -0.4 is 10.6 Å². The Kier molecular flexibility index (Phi) is 3.69. The molecule has 4 nitrogen and oxygen atoms in total. The van der Waals surface area contributed by atoms with Crippen LogP contribution in [0.3, 0.4) is 0 Å². The van der Waals surface area contributed by atoms with Crippen molar-refractivity contribution in [1.29, 1.82) is 0 Å². The number of nitrogens with one attached hydrogen (secondary N) is 2. The molecule has 1 fully saturated rings. The Labute approximate surface area is 93.1 Å². The predicted molar refractivity (Wildman–Crippen MR) is 59.6 cm³/mol. The second-order valence-electron chi connectivity index (χ2n) is 3.73. The highest BCUT2D eigenvalue weighted by Gasteiger charge is 2.20. The number of thiazole rings is 1. The third kappa shape index (κ3) is 3.00. The highest BCUT2D eigenvalue weighted by molar-refractivity contribution is 7.09. The molecule has 0 saturated carbocycles. The van der Waals surface area contributed by atoms with Crippen molar-refractivity contribution in [2.75, 3.05) is 13.1 Å². The SMILES string of the molecule is O=C(NCc1cncs1)[C@H]1CCCNC1. The van der Waals surface area contributed by atoms with Gasteiger partial charge >= 0.3 is 0 Å². The molecule has 0 aromatic carbocycles. The van der Waals surface area contributed by atoms with Gasteiger partial charge in [-0.3, -0.25) is 9.78 Å². The summed E-state index contributed by atoms with van der Waals surface area (Å²) in [5, 5.41) is 6.18. The van der Waals surface area contributed by atoms with Crippen LogP contribution in [0.2, 0.25) is 0 Å². The molecule has 1 atom stereocenters. The summed E-state index contributed by atoms with van der Waals surface area (Å²) in [7, 11) is 0. The van der Waals surface area contributed by atoms with Crippen molar-refractivity contribution in [3.05, 3.63) is 16.6 Å². The zero-order valence-corrected chi connectivity index (χ0v) is 9.35. The van der Waals surface area contributed by atoms with Gasteiger partial charge in [0.2, 0.25) is 5.91 Å². The van der Waals surface area contributed by atoms with Crippen molar-refractivity contribution >= 4 is 17.2 Å². The molecule has 1 saturated heterocycles. The molecule has 1 aliphatic rings. The minimum Gasteiger partial charge on any atom is -0.351 e. The average Bonchev–Trinajstić information content (AvgIpc) is 2.80. The van der Waals surface area contributed by atoms with Gasteiger partial charge in [0.1, 0.15) is 0 Å². The number of amides is 1. The first-order chi connectivity index (χ1) is 7.36. The zero-order valence-electron chi connectivity index (χ0n) is 8.53. The van der Waals surface area contributed by atoms with Gasteiger partial charge in [0, 0.05) is 17.6 Å². The Hall–Kier alpha value is -0.940. The Morgan fingerprint density at radius 2 is 2.67 bits per heavy atom. The van der Waals surface area contributed by atoms with Gasteiger partial charge < -0.3 is 10.6 Å². The number of hydrogen-bond acceptors (Lipinski definition) is 4. The van der Waals surface area contributed by atoms with Crippen molar-refractivity contribution in [2.45, 2.75) is 19.4 Å². The fourth-order valence-corrected chi connectivity index (χ4v) is 2.26. The molecule has 1 aliphatic heterocycles. The first-order valence-electron chi connectivity index (χ1n) is 5.22. The van der Waals surface area contributed by atoms with E-state index in [0.717, 1.165) is 30.8 Å². The van der Waals surface area contributed by atoms with Gasteiger partial charge in [-0.2, -0.15) is 0 Å². The molecule has 82 valence electrons. The molecular weight excluding hydrogens is 210 g/mol. The Morgan fingerprint density at radius 1 is 1.73 bits per heavy atom. The monoisotopic (exact) mass is 225 g/mol. The predicted octanol–water partition coefficient (Wildman–Crippen LogP) is 0.759. The van der Waals surface area contributed by atoms with Gasteiger partial charge in [-0.15, -0.1) is 11.3 Å². The molecule has 0 spiro atoms. The number of aromatic nitrogens is 1. The second kappa shape index (κ2) is 5.23. The number of carbonyl (C=O) groups is 1. The molecule has 2 N–H and O–H groups in total. The maximum Gasteiger partial charge on any atom is 0.224 e. The summed E-state index contributed by atoms with van der Waals surface area (Å²) < 4.78 is 0. The van der Waals surface area contributed by atoms with E-state index in [0.29, 0.717) is 6.54 Å². The molecule has 2 rings (SSSR count). The normalized spacial score (nSPS) is 21.2. The first-order valence-corrected chi connectivity index (χ1v) is 6.10. The van der Waals surface area contributed by atoms with Crippen LogP contribution in [-0.4, -0.2) is 24.0 Å². The van der Waals surface area contributed by atoms with Crippen LogP contribution in [0.25, 0.3) is 0 Å². The Morgan fingerprint density at radius 3 is 3.33 bits per heavy atom. The summed E-state index contributed by atoms with van der Waals surface area (Å²) in [4.78, 5) is 16.8. The number of carbonyl (C=O) groups excluding carboxylic acids is 1. The maximum absolute atomic E-state index is 11.7. The van der Waals surface area contributed by atoms with E-state index in [4.69, 9.17) is 0 Å². The number of hydrogen-bond donors (Lipinski definition) is 2. The standard InChI is InChI=1S/C10H15N3OS/c14-10(8-2-1-3-11-4-8)13-6-9-5-12-7-15-9/h5,7-8,11H,1-4,6H2,(H,13,14)/t8-/m0/s1. The third-order valence-corrected chi connectivity index (χ3v) is 3.37. The summed E-state index contributed by atoms with van der Waals surface area (Å²) in [6.45, 7) is 2.47. The summed E-state index contributed by atoms with van der Waals surface area (Å²) in [5.41, 5.74) is 1.78. The molecule has 0 bridgehead atoms. The lowest BCUT2D eigenvalue weighted by atomic mass is 9.99. The first kappa shape index (κ1) is 10.6. The van der Waals surface area contributed by atoms with E-state index in [1.165, 1.54) is 0 Å². The smallest absolute Gasteiger partial charge is 0.224 e. The topological polar surface area (TPSA) is 54.0 Å².